The Labute approximate surface area is 317 Å². The molecular weight excluding hydrogens is 725 g/mol. The van der Waals surface area contributed by atoms with E-state index in [9.17, 15) is 0 Å². The number of aromatic nitrogens is 6. The molecule has 0 aliphatic rings. The van der Waals surface area contributed by atoms with E-state index in [2.05, 4.69) is 45.7 Å². The summed E-state index contributed by atoms with van der Waals surface area (Å²) in [5, 5.41) is 17.8. The van der Waals surface area contributed by atoms with E-state index < -0.39 is 0 Å². The van der Waals surface area contributed by atoms with Crippen LogP contribution in [0.5, 0.6) is 11.5 Å². The molecular formula is C40H32N6O6S2. The Morgan fingerprint density at radius 1 is 0.611 bits per heavy atom. The van der Waals surface area contributed by atoms with E-state index in [4.69, 9.17) is 37.1 Å². The fourth-order valence-corrected chi connectivity index (χ4v) is 7.31. The first-order valence-corrected chi connectivity index (χ1v) is 18.8. The molecule has 0 bridgehead atoms. The molecule has 0 N–H and O–H groups in total. The van der Waals surface area contributed by atoms with Gasteiger partial charge in [-0.25, -0.2) is 9.97 Å². The van der Waals surface area contributed by atoms with Gasteiger partial charge in [-0.2, -0.15) is 0 Å². The van der Waals surface area contributed by atoms with Gasteiger partial charge in [-0.3, -0.25) is 0 Å². The molecule has 0 aliphatic carbocycles. The molecule has 0 atom stereocenters. The van der Waals surface area contributed by atoms with Gasteiger partial charge in [0.1, 0.15) is 22.5 Å². The maximum absolute atomic E-state index is 6.41. The van der Waals surface area contributed by atoms with Crippen LogP contribution in [-0.4, -0.2) is 44.6 Å². The van der Waals surface area contributed by atoms with Gasteiger partial charge in [-0.1, -0.05) is 59.9 Å². The van der Waals surface area contributed by atoms with Crippen molar-refractivity contribution in [3.05, 3.63) is 121 Å². The first-order valence-electron chi connectivity index (χ1n) is 16.8. The maximum atomic E-state index is 6.41. The molecule has 8 aromatic rings. The third-order valence-corrected chi connectivity index (χ3v) is 10.0. The zero-order valence-electron chi connectivity index (χ0n) is 29.3. The van der Waals surface area contributed by atoms with Gasteiger partial charge < -0.3 is 27.1 Å². The van der Waals surface area contributed by atoms with Crippen molar-refractivity contribution < 1.29 is 27.1 Å². The van der Waals surface area contributed by atoms with Gasteiger partial charge >= 0.3 is 0 Å². The SMILES string of the molecule is C=CCc1cc(-c2cc(CC=C)c3oc(SCc4nnc(-c5ccccc5OC)o4)nc3c2)c2oc(SCc3nnc(-c4ccccc4OC)o3)nc2c1. The number of fused-ring (bicyclic) bond motifs is 2. The summed E-state index contributed by atoms with van der Waals surface area (Å²) in [4.78, 5) is 9.68. The molecule has 0 fully saturated rings. The topological polar surface area (TPSA) is 148 Å². The number of nitrogens with zero attached hydrogens (tertiary/aromatic N) is 6. The highest BCUT2D eigenvalue weighted by Crippen LogP contribution is 2.39. The van der Waals surface area contributed by atoms with Crippen LogP contribution in [0.15, 0.2) is 126 Å². The van der Waals surface area contributed by atoms with E-state index in [0.29, 0.717) is 86.5 Å². The molecule has 8 rings (SSSR count). The van der Waals surface area contributed by atoms with E-state index in [1.807, 2.05) is 72.8 Å². The quantitative estimate of drug-likeness (QED) is 0.0721. The van der Waals surface area contributed by atoms with E-state index >= 15 is 0 Å². The zero-order chi connectivity index (χ0) is 37.0. The van der Waals surface area contributed by atoms with Gasteiger partial charge in [-0.05, 0) is 72.5 Å². The third kappa shape index (κ3) is 7.13. The van der Waals surface area contributed by atoms with Crippen molar-refractivity contribution >= 4 is 45.7 Å². The molecule has 0 spiro atoms. The fraction of sp³-hybridized carbons (Fsp3) is 0.150. The Balaban J connectivity index is 1.06. The fourth-order valence-electron chi connectivity index (χ4n) is 5.97. The number of hydrogen-bond donors (Lipinski definition) is 0. The molecule has 12 nitrogen and oxygen atoms in total. The van der Waals surface area contributed by atoms with Crippen molar-refractivity contribution in [2.45, 2.75) is 34.8 Å². The highest BCUT2D eigenvalue weighted by molar-refractivity contribution is 7.98. The second kappa shape index (κ2) is 15.5. The number of para-hydroxylation sites is 2. The van der Waals surface area contributed by atoms with Gasteiger partial charge in [-0.15, -0.1) is 33.6 Å². The van der Waals surface area contributed by atoms with Crippen molar-refractivity contribution in [3.8, 4) is 45.5 Å². The average molecular weight is 757 g/mol. The Morgan fingerprint density at radius 3 is 1.74 bits per heavy atom. The lowest BCUT2D eigenvalue weighted by Crippen LogP contribution is -1.89. The lowest BCUT2D eigenvalue weighted by Gasteiger charge is -2.08. The van der Waals surface area contributed by atoms with Crippen LogP contribution in [0, 0.1) is 0 Å². The van der Waals surface area contributed by atoms with Gasteiger partial charge in [0.05, 0.1) is 36.9 Å². The number of ether oxygens (including phenoxy) is 2. The Kier molecular flexibility index (Phi) is 10.0. The number of allylic oxidation sites excluding steroid dienone is 2. The summed E-state index contributed by atoms with van der Waals surface area (Å²) in [6.45, 7) is 7.93. The van der Waals surface area contributed by atoms with Crippen LogP contribution >= 0.6 is 23.5 Å². The van der Waals surface area contributed by atoms with Crippen LogP contribution in [0.1, 0.15) is 22.9 Å². The number of oxazole rings is 2. The summed E-state index contributed by atoms with van der Waals surface area (Å²) in [5.74, 6) is 3.67. The zero-order valence-corrected chi connectivity index (χ0v) is 30.9. The normalized spacial score (nSPS) is 11.4. The first kappa shape index (κ1) is 34.9. The standard InChI is InChI=1S/C40H32N6O6S2/c1-5-11-23-17-28(36-29(18-23)41-40(52-36)54-22-34-44-46-38(50-34)27-14-8-10-16-32(27)48-4)25-19-24(12-6-2)35-30(20-25)42-39(51-35)53-21-33-43-45-37(49-33)26-13-7-9-15-31(26)47-3/h5-10,13-20H,1-2,11-12,21-22H2,3-4H3. The first-order chi connectivity index (χ1) is 26.5. The van der Waals surface area contributed by atoms with Crippen molar-refractivity contribution in [1.29, 1.82) is 0 Å². The minimum absolute atomic E-state index is 0.365. The Bertz CT molecular complexity index is 2620. The summed E-state index contributed by atoms with van der Waals surface area (Å²) in [6.07, 6.45) is 4.94. The third-order valence-electron chi connectivity index (χ3n) is 8.38. The summed E-state index contributed by atoms with van der Waals surface area (Å²) < 4.78 is 35.5. The number of thioether (sulfide) groups is 2. The van der Waals surface area contributed by atoms with Gasteiger partial charge in [0.2, 0.25) is 11.8 Å². The predicted molar refractivity (Wildman–Crippen MR) is 207 cm³/mol. The lowest BCUT2D eigenvalue weighted by atomic mass is 9.97. The highest BCUT2D eigenvalue weighted by Gasteiger charge is 2.20. The average Bonchev–Trinajstić information content (AvgIpc) is 4.02. The van der Waals surface area contributed by atoms with Crippen molar-refractivity contribution in [3.63, 3.8) is 0 Å². The Morgan fingerprint density at radius 2 is 1.17 bits per heavy atom. The molecule has 0 saturated carbocycles. The number of methoxy groups -OCH3 is 2. The monoisotopic (exact) mass is 756 g/mol. The van der Waals surface area contributed by atoms with E-state index in [0.717, 1.165) is 38.9 Å². The summed E-state index contributed by atoms with van der Waals surface area (Å²) in [6, 6.07) is 23.2. The van der Waals surface area contributed by atoms with Crippen molar-refractivity contribution in [2.24, 2.45) is 0 Å². The molecule has 0 radical (unpaired) electrons. The molecule has 4 aromatic heterocycles. The number of rotatable bonds is 15. The van der Waals surface area contributed by atoms with E-state index in [1.54, 1.807) is 14.2 Å². The molecule has 270 valence electrons. The molecule has 4 aromatic carbocycles. The van der Waals surface area contributed by atoms with Gasteiger partial charge in [0, 0.05) is 11.1 Å². The van der Waals surface area contributed by atoms with Crippen LogP contribution in [0.3, 0.4) is 0 Å². The van der Waals surface area contributed by atoms with Crippen molar-refractivity contribution in [1.82, 2.24) is 30.4 Å². The molecule has 0 saturated heterocycles. The summed E-state index contributed by atoms with van der Waals surface area (Å²) in [7, 11) is 3.21. The van der Waals surface area contributed by atoms with E-state index in [-0.39, 0.29) is 0 Å². The van der Waals surface area contributed by atoms with Crippen LogP contribution in [0.4, 0.5) is 0 Å². The van der Waals surface area contributed by atoms with Gasteiger partial charge in [0.25, 0.3) is 22.2 Å². The van der Waals surface area contributed by atoms with Gasteiger partial charge in [0.15, 0.2) is 11.2 Å². The molecule has 0 amide bonds. The second-order valence-corrected chi connectivity index (χ2v) is 13.8. The highest BCUT2D eigenvalue weighted by atomic mass is 32.2. The molecule has 0 aliphatic heterocycles. The van der Waals surface area contributed by atoms with Crippen LogP contribution in [0.25, 0.3) is 56.2 Å². The van der Waals surface area contributed by atoms with E-state index in [1.165, 1.54) is 23.5 Å². The second-order valence-electron chi connectivity index (χ2n) is 11.9. The largest absolute Gasteiger partial charge is 0.496 e. The van der Waals surface area contributed by atoms with Crippen LogP contribution in [-0.2, 0) is 24.3 Å². The molecule has 14 heteroatoms. The molecule has 0 unspecified atom stereocenters. The smallest absolute Gasteiger partial charge is 0.257 e. The van der Waals surface area contributed by atoms with Crippen LogP contribution in [0.2, 0.25) is 0 Å². The lowest BCUT2D eigenvalue weighted by molar-refractivity contribution is 0.413. The molecule has 54 heavy (non-hydrogen) atoms. The number of hydrogen-bond acceptors (Lipinski definition) is 14. The minimum atomic E-state index is 0.365. The minimum Gasteiger partial charge on any atom is -0.496 e. The maximum Gasteiger partial charge on any atom is 0.257 e. The number of benzene rings is 4. The summed E-state index contributed by atoms with van der Waals surface area (Å²) in [5.41, 5.74) is 7.96. The molecule has 4 heterocycles. The van der Waals surface area contributed by atoms with Crippen LogP contribution < -0.4 is 9.47 Å². The van der Waals surface area contributed by atoms with Crippen molar-refractivity contribution in [2.75, 3.05) is 14.2 Å². The predicted octanol–water partition coefficient (Wildman–Crippen LogP) is 9.79. The Hall–Kier alpha value is -6.12. The summed E-state index contributed by atoms with van der Waals surface area (Å²) >= 11 is 2.74.